The lowest BCUT2D eigenvalue weighted by Gasteiger charge is -2.06. The molecule has 4 rings (SSSR count). The van der Waals surface area contributed by atoms with Gasteiger partial charge in [-0.25, -0.2) is 0 Å². The third-order valence-corrected chi connectivity index (χ3v) is 5.99. The number of nitrogens with one attached hydrogen (secondary N) is 2. The number of hydrogen-bond donors (Lipinski definition) is 2. The average molecular weight is 447 g/mol. The summed E-state index contributed by atoms with van der Waals surface area (Å²) in [6, 6.07) is 14.6. The predicted octanol–water partition coefficient (Wildman–Crippen LogP) is 5.78. The smallest absolute Gasteiger partial charge is 0.116 e. The van der Waals surface area contributed by atoms with E-state index in [2.05, 4.69) is 95.7 Å². The molecule has 0 amide bonds. The highest BCUT2D eigenvalue weighted by molar-refractivity contribution is 5.84. The van der Waals surface area contributed by atoms with E-state index in [0.29, 0.717) is 0 Å². The summed E-state index contributed by atoms with van der Waals surface area (Å²) in [5.74, 6) is 0. The lowest BCUT2D eigenvalue weighted by Crippen LogP contribution is -2.21. The van der Waals surface area contributed by atoms with Crippen LogP contribution in [0.15, 0.2) is 102 Å². The molecule has 34 heavy (non-hydrogen) atoms. The van der Waals surface area contributed by atoms with Gasteiger partial charge in [0.05, 0.1) is 22.8 Å². The molecule has 0 fully saturated rings. The summed E-state index contributed by atoms with van der Waals surface area (Å²) in [6.45, 7) is 12.5. The summed E-state index contributed by atoms with van der Waals surface area (Å²) in [5.41, 5.74) is 7.62. The van der Waals surface area contributed by atoms with Gasteiger partial charge in [-0.15, -0.1) is 0 Å². The Hall–Kier alpha value is -4.18. The van der Waals surface area contributed by atoms with Crippen molar-refractivity contribution >= 4 is 23.6 Å². The maximum absolute atomic E-state index is 4.50. The summed E-state index contributed by atoms with van der Waals surface area (Å²) in [5, 5.41) is 10.5. The zero-order chi connectivity index (χ0) is 23.9. The maximum atomic E-state index is 4.50. The van der Waals surface area contributed by atoms with Gasteiger partial charge in [-0.3, -0.25) is 10.1 Å². The number of benzene rings is 1. The van der Waals surface area contributed by atoms with E-state index in [9.17, 15) is 0 Å². The van der Waals surface area contributed by atoms with Crippen LogP contribution in [0.4, 0.5) is 0 Å². The van der Waals surface area contributed by atoms with E-state index < -0.39 is 0 Å². The Kier molecular flexibility index (Phi) is 7.19. The Morgan fingerprint density at radius 1 is 1.15 bits per heavy atom. The summed E-state index contributed by atoms with van der Waals surface area (Å²) in [4.78, 5) is 7.54. The number of fused-ring (bicyclic) bond motifs is 1. The van der Waals surface area contributed by atoms with Gasteiger partial charge in [0.15, 0.2) is 0 Å². The summed E-state index contributed by atoms with van der Waals surface area (Å²) >= 11 is 0. The molecule has 0 radical (unpaired) electrons. The molecule has 0 atom stereocenters. The van der Waals surface area contributed by atoms with Crippen molar-refractivity contribution < 1.29 is 0 Å². The third-order valence-electron chi connectivity index (χ3n) is 5.99. The van der Waals surface area contributed by atoms with Gasteiger partial charge in [0.1, 0.15) is 5.69 Å². The van der Waals surface area contributed by atoms with Gasteiger partial charge in [0.2, 0.25) is 0 Å². The minimum absolute atomic E-state index is 0.814. The zero-order valence-corrected chi connectivity index (χ0v) is 19.8. The van der Waals surface area contributed by atoms with Gasteiger partial charge in [-0.2, -0.15) is 5.10 Å². The maximum Gasteiger partial charge on any atom is 0.116 e. The second kappa shape index (κ2) is 10.6. The molecule has 4 aromatic rings. The first-order chi connectivity index (χ1) is 16.6. The zero-order valence-electron chi connectivity index (χ0n) is 19.8. The van der Waals surface area contributed by atoms with Crippen LogP contribution >= 0.6 is 0 Å². The molecule has 0 aliphatic carbocycles. The topological polar surface area (TPSA) is 57.4 Å². The van der Waals surface area contributed by atoms with E-state index in [0.717, 1.165) is 51.3 Å². The average Bonchev–Trinajstić information content (AvgIpc) is 3.46. The molecular weight excluding hydrogens is 416 g/mol. The Labute approximate surface area is 200 Å². The molecule has 4 heteroatoms. The Morgan fingerprint density at radius 2 is 1.97 bits per heavy atom. The number of rotatable bonds is 8. The van der Waals surface area contributed by atoms with Crippen LogP contribution in [-0.2, 0) is 6.42 Å². The van der Waals surface area contributed by atoms with E-state index in [4.69, 9.17) is 0 Å². The van der Waals surface area contributed by atoms with Crippen molar-refractivity contribution in [3.8, 4) is 11.4 Å². The van der Waals surface area contributed by atoms with Gasteiger partial charge in [0, 0.05) is 16.8 Å². The largest absolute Gasteiger partial charge is 0.352 e. The Balaban J connectivity index is 1.55. The van der Waals surface area contributed by atoms with Crippen molar-refractivity contribution in [1.82, 2.24) is 20.2 Å². The minimum atomic E-state index is 0.814. The second-order valence-corrected chi connectivity index (χ2v) is 8.28. The quantitative estimate of drug-likeness (QED) is 0.337. The fourth-order valence-corrected chi connectivity index (χ4v) is 3.93. The van der Waals surface area contributed by atoms with Crippen LogP contribution in [0.5, 0.6) is 0 Å². The van der Waals surface area contributed by atoms with Crippen LogP contribution in [0.25, 0.3) is 34.9 Å². The van der Waals surface area contributed by atoms with Crippen molar-refractivity contribution in [2.45, 2.75) is 26.7 Å². The molecule has 4 nitrogen and oxygen atoms in total. The number of hydrogen-bond acceptors (Lipinski definition) is 2. The van der Waals surface area contributed by atoms with Crippen molar-refractivity contribution in [2.24, 2.45) is 0 Å². The number of pyridine rings is 1. The van der Waals surface area contributed by atoms with Gasteiger partial charge < -0.3 is 4.98 Å². The molecule has 3 heterocycles. The van der Waals surface area contributed by atoms with Crippen molar-refractivity contribution in [3.05, 3.63) is 119 Å². The van der Waals surface area contributed by atoms with E-state index in [1.165, 1.54) is 16.7 Å². The number of aryl methyl sites for hydroxylation is 1. The second-order valence-electron chi connectivity index (χ2n) is 8.28. The first kappa shape index (κ1) is 23.0. The van der Waals surface area contributed by atoms with E-state index in [1.807, 2.05) is 30.5 Å². The van der Waals surface area contributed by atoms with E-state index >= 15 is 0 Å². The highest BCUT2D eigenvalue weighted by Gasteiger charge is 2.07. The van der Waals surface area contributed by atoms with Gasteiger partial charge >= 0.3 is 0 Å². The van der Waals surface area contributed by atoms with Gasteiger partial charge in [-0.1, -0.05) is 67.8 Å². The van der Waals surface area contributed by atoms with E-state index in [-0.39, 0.29) is 0 Å². The number of aromatic amines is 2. The Bertz CT molecular complexity index is 1460. The summed E-state index contributed by atoms with van der Waals surface area (Å²) in [6.07, 6.45) is 16.0. The molecule has 0 aliphatic heterocycles. The summed E-state index contributed by atoms with van der Waals surface area (Å²) < 4.78 is 0. The SMILES string of the molecule is C=C\C(=C/C(=C\C)C(/C)=C/C=c1/[nH]nc(-c2cc3ccncc3[nH]2)c1=C)CCc1ccccc1. The van der Waals surface area contributed by atoms with Crippen LogP contribution in [0, 0.1) is 0 Å². The van der Waals surface area contributed by atoms with Crippen LogP contribution in [0.2, 0.25) is 0 Å². The minimum Gasteiger partial charge on any atom is -0.352 e. The number of H-pyrrole nitrogens is 2. The van der Waals surface area contributed by atoms with Crippen molar-refractivity contribution in [3.63, 3.8) is 0 Å². The standard InChI is InChI=1S/C30H30N4/c1-5-23(13-14-24-10-8-7-9-11-24)18-25(6-2)21(3)12-15-27-22(4)30(34-33-27)28-19-26-16-17-31-20-29(26)32-28/h5-12,15-20,32-33H,1,4,13-14H2,2-3H3/b21-12+,23-18+,25-6+,27-15+. The molecule has 0 saturated carbocycles. The molecule has 0 saturated heterocycles. The highest BCUT2D eigenvalue weighted by atomic mass is 15.1. The first-order valence-electron chi connectivity index (χ1n) is 11.5. The third kappa shape index (κ3) is 5.24. The molecule has 0 aliphatic rings. The lowest BCUT2D eigenvalue weighted by atomic mass is 9.99. The highest BCUT2D eigenvalue weighted by Crippen LogP contribution is 2.19. The van der Waals surface area contributed by atoms with Gasteiger partial charge in [0.25, 0.3) is 0 Å². The van der Waals surface area contributed by atoms with E-state index in [1.54, 1.807) is 6.20 Å². The van der Waals surface area contributed by atoms with Crippen molar-refractivity contribution in [2.75, 3.05) is 0 Å². The molecule has 0 bridgehead atoms. The van der Waals surface area contributed by atoms with Crippen LogP contribution in [0.1, 0.15) is 25.8 Å². The summed E-state index contributed by atoms with van der Waals surface area (Å²) in [7, 11) is 0. The molecule has 1 aromatic carbocycles. The van der Waals surface area contributed by atoms with Gasteiger partial charge in [-0.05, 0) is 67.2 Å². The monoisotopic (exact) mass is 446 g/mol. The lowest BCUT2D eigenvalue weighted by molar-refractivity contribution is 0.964. The molecule has 0 spiro atoms. The van der Waals surface area contributed by atoms with Crippen LogP contribution in [-0.4, -0.2) is 20.2 Å². The van der Waals surface area contributed by atoms with Crippen LogP contribution < -0.4 is 10.6 Å². The predicted molar refractivity (Wildman–Crippen MR) is 143 cm³/mol. The van der Waals surface area contributed by atoms with Crippen LogP contribution in [0.3, 0.4) is 0 Å². The molecule has 3 aromatic heterocycles. The first-order valence-corrected chi connectivity index (χ1v) is 11.5. The van der Waals surface area contributed by atoms with Crippen molar-refractivity contribution in [1.29, 1.82) is 0 Å². The molecule has 2 N–H and O–H groups in total. The fourth-order valence-electron chi connectivity index (χ4n) is 3.93. The molecule has 170 valence electrons. The number of nitrogens with zero attached hydrogens (tertiary/aromatic N) is 2. The number of aromatic nitrogens is 4. The molecule has 0 unspecified atom stereocenters. The molecular formula is C30H30N4. The number of allylic oxidation sites excluding steroid dienone is 7. The fraction of sp³-hybridized carbons (Fsp3) is 0.133. The Morgan fingerprint density at radius 3 is 2.71 bits per heavy atom. The normalized spacial score (nSPS) is 13.6.